The number of benzene rings is 2. The quantitative estimate of drug-likeness (QED) is 0.517. The minimum Gasteiger partial charge on any atom is -0.342 e. The molecule has 7 nitrogen and oxygen atoms in total. The smallest absolute Gasteiger partial charge is 0.251 e. The molecule has 0 aliphatic rings. The van der Waals surface area contributed by atoms with Gasteiger partial charge in [0.2, 0.25) is 5.91 Å². The molecule has 0 bridgehead atoms. The van der Waals surface area contributed by atoms with Crippen molar-refractivity contribution in [3.8, 4) is 0 Å². The number of aromatic nitrogens is 3. The fraction of sp³-hybridized carbons (Fsp3) is 0.304. The summed E-state index contributed by atoms with van der Waals surface area (Å²) in [6.45, 7) is 6.05. The maximum atomic E-state index is 12.5. The summed E-state index contributed by atoms with van der Waals surface area (Å²) in [7, 11) is 1.83. The summed E-state index contributed by atoms with van der Waals surface area (Å²) in [4.78, 5) is 24.9. The van der Waals surface area contributed by atoms with Crippen LogP contribution in [0.5, 0.6) is 0 Å². The first kappa shape index (κ1) is 22.6. The highest BCUT2D eigenvalue weighted by molar-refractivity contribution is 7.99. The molecule has 0 radical (unpaired) electrons. The molecule has 1 heterocycles. The van der Waals surface area contributed by atoms with Gasteiger partial charge in [-0.25, -0.2) is 0 Å². The molecule has 2 N–H and O–H groups in total. The summed E-state index contributed by atoms with van der Waals surface area (Å²) in [5.74, 6) is 0.875. The topological polar surface area (TPSA) is 88.9 Å². The number of para-hydroxylation sites is 1. The summed E-state index contributed by atoms with van der Waals surface area (Å²) in [5.41, 5.74) is 2.52. The lowest BCUT2D eigenvalue weighted by molar-refractivity contribution is -0.113. The Morgan fingerprint density at radius 3 is 2.39 bits per heavy atom. The minimum atomic E-state index is -0.327. The second-order valence-electron chi connectivity index (χ2n) is 7.54. The van der Waals surface area contributed by atoms with Crippen molar-refractivity contribution in [2.45, 2.75) is 37.9 Å². The average Bonchev–Trinajstić information content (AvgIpc) is 3.13. The van der Waals surface area contributed by atoms with Crippen LogP contribution in [0.3, 0.4) is 0 Å². The van der Waals surface area contributed by atoms with Gasteiger partial charge in [-0.1, -0.05) is 62.0 Å². The molecule has 2 amide bonds. The number of carbonyl (C=O) groups is 2. The maximum absolute atomic E-state index is 12.5. The van der Waals surface area contributed by atoms with Crippen molar-refractivity contribution in [2.75, 3.05) is 11.1 Å². The predicted octanol–water partition coefficient (Wildman–Crippen LogP) is 4.16. The molecule has 0 spiro atoms. The first-order chi connectivity index (χ1) is 14.9. The highest BCUT2D eigenvalue weighted by Crippen LogP contribution is 2.24. The van der Waals surface area contributed by atoms with Crippen LogP contribution in [-0.4, -0.2) is 32.3 Å². The number of nitrogens with zero attached hydrogens (tertiary/aromatic N) is 3. The molecular formula is C23H27N5O2S. The first-order valence-electron chi connectivity index (χ1n) is 10.1. The zero-order chi connectivity index (χ0) is 22.4. The molecule has 0 saturated carbocycles. The molecule has 3 rings (SSSR count). The standard InChI is InChI=1S/C23H27N5O2S/c1-15(2)18-12-8-9-13-19(18)25-20(29)14-31-23-27-26-21(28(23)4)16(3)24-22(30)17-10-6-5-7-11-17/h5-13,15-16H,14H2,1-4H3,(H,24,30)(H,25,29)/t16-/m0/s1. The van der Waals surface area contributed by atoms with E-state index in [1.54, 1.807) is 16.7 Å². The van der Waals surface area contributed by atoms with Crippen molar-refractivity contribution in [3.05, 3.63) is 71.5 Å². The number of nitrogens with one attached hydrogen (secondary N) is 2. The van der Waals surface area contributed by atoms with E-state index in [4.69, 9.17) is 0 Å². The van der Waals surface area contributed by atoms with Crippen LogP contribution < -0.4 is 10.6 Å². The average molecular weight is 438 g/mol. The van der Waals surface area contributed by atoms with Gasteiger partial charge in [0, 0.05) is 18.3 Å². The molecular weight excluding hydrogens is 410 g/mol. The van der Waals surface area contributed by atoms with Crippen molar-refractivity contribution < 1.29 is 9.59 Å². The number of thioether (sulfide) groups is 1. The third-order valence-corrected chi connectivity index (χ3v) is 5.85. The van der Waals surface area contributed by atoms with Gasteiger partial charge in [-0.3, -0.25) is 9.59 Å². The van der Waals surface area contributed by atoms with Gasteiger partial charge in [-0.05, 0) is 36.6 Å². The fourth-order valence-corrected chi connectivity index (χ4v) is 3.91. The molecule has 3 aromatic rings. The zero-order valence-electron chi connectivity index (χ0n) is 18.1. The maximum Gasteiger partial charge on any atom is 0.251 e. The molecule has 1 aromatic heterocycles. The lowest BCUT2D eigenvalue weighted by Gasteiger charge is -2.14. The lowest BCUT2D eigenvalue weighted by Crippen LogP contribution is -2.28. The predicted molar refractivity (Wildman–Crippen MR) is 123 cm³/mol. The van der Waals surface area contributed by atoms with Crippen molar-refractivity contribution in [2.24, 2.45) is 7.05 Å². The highest BCUT2D eigenvalue weighted by atomic mass is 32.2. The Morgan fingerprint density at radius 2 is 1.68 bits per heavy atom. The second-order valence-corrected chi connectivity index (χ2v) is 8.48. The van der Waals surface area contributed by atoms with E-state index >= 15 is 0 Å². The molecule has 0 fully saturated rings. The monoisotopic (exact) mass is 437 g/mol. The highest BCUT2D eigenvalue weighted by Gasteiger charge is 2.19. The van der Waals surface area contributed by atoms with Crippen LogP contribution in [0, 0.1) is 0 Å². The minimum absolute atomic E-state index is 0.104. The summed E-state index contributed by atoms with van der Waals surface area (Å²) in [6.07, 6.45) is 0. The molecule has 31 heavy (non-hydrogen) atoms. The third-order valence-electron chi connectivity index (χ3n) is 4.83. The number of amides is 2. The van der Waals surface area contributed by atoms with Crippen LogP contribution in [0.15, 0.2) is 59.8 Å². The van der Waals surface area contributed by atoms with Crippen LogP contribution in [-0.2, 0) is 11.8 Å². The summed E-state index contributed by atoms with van der Waals surface area (Å²) < 4.78 is 1.80. The normalized spacial score (nSPS) is 11.9. The largest absolute Gasteiger partial charge is 0.342 e. The van der Waals surface area contributed by atoms with Gasteiger partial charge in [0.1, 0.15) is 0 Å². The van der Waals surface area contributed by atoms with E-state index in [1.165, 1.54) is 11.8 Å². The van der Waals surface area contributed by atoms with Crippen LogP contribution in [0.2, 0.25) is 0 Å². The number of rotatable bonds is 8. The Morgan fingerprint density at radius 1 is 1.00 bits per heavy atom. The van der Waals surface area contributed by atoms with E-state index in [0.29, 0.717) is 22.5 Å². The van der Waals surface area contributed by atoms with Crippen molar-refractivity contribution >= 4 is 29.3 Å². The zero-order valence-corrected chi connectivity index (χ0v) is 18.9. The van der Waals surface area contributed by atoms with Crippen molar-refractivity contribution in [1.29, 1.82) is 0 Å². The van der Waals surface area contributed by atoms with E-state index < -0.39 is 0 Å². The fourth-order valence-electron chi connectivity index (χ4n) is 3.19. The first-order valence-corrected chi connectivity index (χ1v) is 11.1. The van der Waals surface area contributed by atoms with Gasteiger partial charge < -0.3 is 15.2 Å². The number of carbonyl (C=O) groups excluding carboxylic acids is 2. The molecule has 0 unspecified atom stereocenters. The molecule has 0 aliphatic heterocycles. The van der Waals surface area contributed by atoms with Crippen LogP contribution in [0.25, 0.3) is 0 Å². The Bertz CT molecular complexity index is 1050. The summed E-state index contributed by atoms with van der Waals surface area (Å²) in [5, 5.41) is 14.9. The van der Waals surface area contributed by atoms with Gasteiger partial charge in [0.25, 0.3) is 5.91 Å². The van der Waals surface area contributed by atoms with E-state index in [1.807, 2.05) is 56.4 Å². The van der Waals surface area contributed by atoms with E-state index in [9.17, 15) is 9.59 Å². The molecule has 1 atom stereocenters. The molecule has 2 aromatic carbocycles. The number of hydrogen-bond donors (Lipinski definition) is 2. The van der Waals surface area contributed by atoms with Gasteiger partial charge >= 0.3 is 0 Å². The summed E-state index contributed by atoms with van der Waals surface area (Å²) in [6, 6.07) is 16.5. The van der Waals surface area contributed by atoms with E-state index in [0.717, 1.165) is 11.3 Å². The third kappa shape index (κ3) is 5.73. The molecule has 162 valence electrons. The number of hydrogen-bond acceptors (Lipinski definition) is 5. The van der Waals surface area contributed by atoms with Crippen molar-refractivity contribution in [3.63, 3.8) is 0 Å². The van der Waals surface area contributed by atoms with Gasteiger partial charge in [-0.15, -0.1) is 10.2 Å². The van der Waals surface area contributed by atoms with Crippen LogP contribution in [0.4, 0.5) is 5.69 Å². The molecule has 0 aliphatic carbocycles. The van der Waals surface area contributed by atoms with Crippen LogP contribution >= 0.6 is 11.8 Å². The second kappa shape index (κ2) is 10.3. The Balaban J connectivity index is 1.59. The van der Waals surface area contributed by atoms with E-state index in [2.05, 4.69) is 34.7 Å². The van der Waals surface area contributed by atoms with Gasteiger partial charge in [-0.2, -0.15) is 0 Å². The van der Waals surface area contributed by atoms with Gasteiger partial charge in [0.05, 0.1) is 11.8 Å². The van der Waals surface area contributed by atoms with Gasteiger partial charge in [0.15, 0.2) is 11.0 Å². The SMILES string of the molecule is CC(C)c1ccccc1NC(=O)CSc1nnc([C@H](C)NC(=O)c2ccccc2)n1C. The molecule has 0 saturated heterocycles. The Labute approximate surface area is 186 Å². The Kier molecular flexibility index (Phi) is 7.46. The summed E-state index contributed by atoms with van der Waals surface area (Å²) >= 11 is 1.31. The van der Waals surface area contributed by atoms with Crippen molar-refractivity contribution in [1.82, 2.24) is 20.1 Å². The van der Waals surface area contributed by atoms with Crippen LogP contribution in [0.1, 0.15) is 54.5 Å². The molecule has 8 heteroatoms. The Hall–Kier alpha value is -3.13. The van der Waals surface area contributed by atoms with E-state index in [-0.39, 0.29) is 23.6 Å². The number of anilines is 1. The lowest BCUT2D eigenvalue weighted by atomic mass is 10.0.